The van der Waals surface area contributed by atoms with Crippen molar-refractivity contribution in [3.63, 3.8) is 0 Å². The molecule has 1 aromatic heterocycles. The number of unbranched alkanes of at least 4 members (excludes halogenated alkanes) is 3. The minimum Gasteiger partial charge on any atom is -0.505 e. The van der Waals surface area contributed by atoms with Crippen LogP contribution in [0.5, 0.6) is 5.75 Å². The lowest BCUT2D eigenvalue weighted by molar-refractivity contribution is 0.0566. The summed E-state index contributed by atoms with van der Waals surface area (Å²) in [4.78, 5) is 4.53. The van der Waals surface area contributed by atoms with Crippen molar-refractivity contribution in [2.75, 3.05) is 6.61 Å². The highest BCUT2D eigenvalue weighted by atomic mass is 19.1. The molecule has 0 amide bonds. The third kappa shape index (κ3) is 7.83. The van der Waals surface area contributed by atoms with Crippen LogP contribution in [0.2, 0.25) is 0 Å². The van der Waals surface area contributed by atoms with Crippen molar-refractivity contribution in [3.8, 4) is 28.1 Å². The lowest BCUT2D eigenvalue weighted by Gasteiger charge is -2.12. The van der Waals surface area contributed by atoms with Crippen LogP contribution in [0.3, 0.4) is 0 Å². The third-order valence-electron chi connectivity index (χ3n) is 5.69. The van der Waals surface area contributed by atoms with Gasteiger partial charge >= 0.3 is 0 Å². The number of phenolic OH excluding ortho intramolecular Hbond substituents is 1. The predicted molar refractivity (Wildman–Crippen MR) is 135 cm³/mol. The van der Waals surface area contributed by atoms with Crippen molar-refractivity contribution in [1.29, 1.82) is 0 Å². The van der Waals surface area contributed by atoms with Gasteiger partial charge in [-0.25, -0.2) is 4.39 Å². The van der Waals surface area contributed by atoms with Crippen LogP contribution >= 0.6 is 0 Å². The highest BCUT2D eigenvalue weighted by molar-refractivity contribution is 5.68. The van der Waals surface area contributed by atoms with Crippen LogP contribution in [0.25, 0.3) is 28.5 Å². The van der Waals surface area contributed by atoms with Crippen LogP contribution < -0.4 is 0 Å². The standard InChI is InChI=1S/C29H34FNO2/c1-3-4-8-19-33-22(2)9-6-5-7-10-23-11-13-24(14-12-23)28-17-15-26(21-31-28)25-16-18-29(32)27(30)20-25/h7,10-18,20-22,32H,3-6,8-9,19H2,1-2H3/b10-7+. The number of rotatable bonds is 12. The summed E-state index contributed by atoms with van der Waals surface area (Å²) < 4.78 is 19.5. The van der Waals surface area contributed by atoms with Gasteiger partial charge in [-0.3, -0.25) is 4.98 Å². The molecule has 0 fully saturated rings. The fourth-order valence-electron chi connectivity index (χ4n) is 3.65. The van der Waals surface area contributed by atoms with Gasteiger partial charge in [-0.15, -0.1) is 0 Å². The zero-order chi connectivity index (χ0) is 23.5. The van der Waals surface area contributed by atoms with E-state index in [4.69, 9.17) is 4.74 Å². The summed E-state index contributed by atoms with van der Waals surface area (Å²) in [6.07, 6.45) is 13.4. The average Bonchev–Trinajstić information content (AvgIpc) is 2.84. The topological polar surface area (TPSA) is 42.4 Å². The Kier molecular flexibility index (Phi) is 9.64. The van der Waals surface area contributed by atoms with Gasteiger partial charge in [0.25, 0.3) is 0 Å². The van der Waals surface area contributed by atoms with E-state index in [0.717, 1.165) is 49.1 Å². The van der Waals surface area contributed by atoms with E-state index in [0.29, 0.717) is 11.7 Å². The van der Waals surface area contributed by atoms with Crippen molar-refractivity contribution in [2.45, 2.75) is 58.5 Å². The molecule has 2 aromatic carbocycles. The highest BCUT2D eigenvalue weighted by Gasteiger charge is 2.06. The van der Waals surface area contributed by atoms with Crippen molar-refractivity contribution >= 4 is 6.08 Å². The van der Waals surface area contributed by atoms with Crippen LogP contribution in [0.1, 0.15) is 57.9 Å². The monoisotopic (exact) mass is 447 g/mol. The molecule has 1 unspecified atom stereocenters. The average molecular weight is 448 g/mol. The van der Waals surface area contributed by atoms with Gasteiger partial charge in [-0.1, -0.05) is 68.3 Å². The maximum Gasteiger partial charge on any atom is 0.165 e. The smallest absolute Gasteiger partial charge is 0.165 e. The molecule has 0 aliphatic carbocycles. The van der Waals surface area contributed by atoms with E-state index in [1.165, 1.54) is 30.5 Å². The first kappa shape index (κ1) is 24.7. The molecule has 0 radical (unpaired) electrons. The van der Waals surface area contributed by atoms with Gasteiger partial charge < -0.3 is 9.84 Å². The molecular weight excluding hydrogens is 413 g/mol. The van der Waals surface area contributed by atoms with E-state index in [9.17, 15) is 9.50 Å². The summed E-state index contributed by atoms with van der Waals surface area (Å²) in [6, 6.07) is 16.5. The third-order valence-corrected chi connectivity index (χ3v) is 5.69. The number of allylic oxidation sites excluding steroid dienone is 1. The summed E-state index contributed by atoms with van der Waals surface area (Å²) in [5.41, 5.74) is 4.55. The normalized spacial score (nSPS) is 12.3. The van der Waals surface area contributed by atoms with Gasteiger partial charge in [0.1, 0.15) is 0 Å². The number of halogens is 1. The predicted octanol–water partition coefficient (Wildman–Crippen LogP) is 8.04. The number of aromatic nitrogens is 1. The zero-order valence-electron chi connectivity index (χ0n) is 19.6. The number of hydrogen-bond acceptors (Lipinski definition) is 3. The van der Waals surface area contributed by atoms with Crippen LogP contribution in [0, 0.1) is 5.82 Å². The minimum atomic E-state index is -0.634. The van der Waals surface area contributed by atoms with Crippen LogP contribution in [-0.4, -0.2) is 22.8 Å². The number of pyridine rings is 1. The molecule has 0 saturated heterocycles. The molecule has 174 valence electrons. The van der Waals surface area contributed by atoms with Crippen LogP contribution in [0.4, 0.5) is 4.39 Å². The molecule has 0 saturated carbocycles. The SMILES string of the molecule is CCCCCOC(C)CCC/C=C/c1ccc(-c2ccc(-c3ccc(O)c(F)c3)cn2)cc1. The molecule has 0 aliphatic rings. The van der Waals surface area contributed by atoms with Gasteiger partial charge in [0.15, 0.2) is 11.6 Å². The van der Waals surface area contributed by atoms with Crippen molar-refractivity contribution in [2.24, 2.45) is 0 Å². The minimum absolute atomic E-state index is 0.335. The number of ether oxygens (including phenoxy) is 1. The summed E-state index contributed by atoms with van der Waals surface area (Å²) >= 11 is 0. The van der Waals surface area contributed by atoms with Crippen molar-refractivity contribution in [3.05, 3.63) is 78.3 Å². The van der Waals surface area contributed by atoms with Crippen LogP contribution in [-0.2, 0) is 4.74 Å². The van der Waals surface area contributed by atoms with E-state index < -0.39 is 5.82 Å². The van der Waals surface area contributed by atoms with E-state index in [1.807, 2.05) is 12.1 Å². The maximum absolute atomic E-state index is 13.6. The lowest BCUT2D eigenvalue weighted by Crippen LogP contribution is -2.08. The zero-order valence-corrected chi connectivity index (χ0v) is 19.6. The number of hydrogen-bond donors (Lipinski definition) is 1. The summed E-state index contributed by atoms with van der Waals surface area (Å²) in [7, 11) is 0. The van der Waals surface area contributed by atoms with E-state index in [-0.39, 0.29) is 5.75 Å². The van der Waals surface area contributed by atoms with Crippen LogP contribution in [0.15, 0.2) is 66.9 Å². The molecule has 3 nitrogen and oxygen atoms in total. The summed E-state index contributed by atoms with van der Waals surface area (Å²) in [5, 5.41) is 9.35. The lowest BCUT2D eigenvalue weighted by atomic mass is 10.0. The second-order valence-corrected chi connectivity index (χ2v) is 8.44. The van der Waals surface area contributed by atoms with Gasteiger partial charge in [-0.2, -0.15) is 0 Å². The molecule has 0 aliphatic heterocycles. The first-order valence-corrected chi connectivity index (χ1v) is 11.9. The Balaban J connectivity index is 1.47. The largest absolute Gasteiger partial charge is 0.505 e. The quantitative estimate of drug-likeness (QED) is 0.286. The van der Waals surface area contributed by atoms with Gasteiger partial charge in [-0.05, 0) is 61.9 Å². The molecule has 3 rings (SSSR count). The molecule has 33 heavy (non-hydrogen) atoms. The highest BCUT2D eigenvalue weighted by Crippen LogP contribution is 2.26. The molecule has 1 heterocycles. The molecular formula is C29H34FNO2. The van der Waals surface area contributed by atoms with E-state index >= 15 is 0 Å². The molecule has 3 aromatic rings. The second kappa shape index (κ2) is 12.9. The second-order valence-electron chi connectivity index (χ2n) is 8.44. The Hall–Kier alpha value is -2.98. The van der Waals surface area contributed by atoms with Gasteiger partial charge in [0, 0.05) is 23.9 Å². The fourth-order valence-corrected chi connectivity index (χ4v) is 3.65. The number of phenols is 1. The Bertz CT molecular complexity index is 1010. The Morgan fingerprint density at radius 2 is 1.73 bits per heavy atom. The number of aromatic hydroxyl groups is 1. The first-order chi connectivity index (χ1) is 16.1. The molecule has 0 bridgehead atoms. The van der Waals surface area contributed by atoms with Gasteiger partial charge in [0.2, 0.25) is 0 Å². The van der Waals surface area contributed by atoms with Crippen molar-refractivity contribution in [1.82, 2.24) is 4.98 Å². The molecule has 4 heteroatoms. The molecule has 1 N–H and O–H groups in total. The molecule has 1 atom stereocenters. The summed E-state index contributed by atoms with van der Waals surface area (Å²) in [6.45, 7) is 5.25. The van der Waals surface area contributed by atoms with E-state index in [1.54, 1.807) is 12.3 Å². The summed E-state index contributed by atoms with van der Waals surface area (Å²) in [5.74, 6) is -0.982. The number of nitrogens with zero attached hydrogens (tertiary/aromatic N) is 1. The molecule has 0 spiro atoms. The maximum atomic E-state index is 13.6. The number of benzene rings is 2. The van der Waals surface area contributed by atoms with E-state index in [2.05, 4.69) is 55.2 Å². The Morgan fingerprint density at radius 3 is 2.42 bits per heavy atom. The Labute approximate surface area is 197 Å². The Morgan fingerprint density at radius 1 is 0.970 bits per heavy atom. The first-order valence-electron chi connectivity index (χ1n) is 11.9. The fraction of sp³-hybridized carbons (Fsp3) is 0.345. The van der Waals surface area contributed by atoms with Gasteiger partial charge in [0.05, 0.1) is 11.8 Å². The van der Waals surface area contributed by atoms with Crippen molar-refractivity contribution < 1.29 is 14.2 Å².